The lowest BCUT2D eigenvalue weighted by Crippen LogP contribution is -2.31. The molecule has 0 saturated carbocycles. The zero-order valence-corrected chi connectivity index (χ0v) is 12.0. The van der Waals surface area contributed by atoms with Crippen molar-refractivity contribution >= 4 is 17.7 Å². The van der Waals surface area contributed by atoms with Crippen molar-refractivity contribution in [2.24, 2.45) is 0 Å². The highest BCUT2D eigenvalue weighted by molar-refractivity contribution is 7.98. The summed E-state index contributed by atoms with van der Waals surface area (Å²) in [5.41, 5.74) is 1.57. The standard InChI is InChI=1S/C15H21NO2S/c17-15(18)14-6-4-13(5-7-14)12-19-11-10-16-8-2-1-3-9-16/h4-7H,1-3,8-12H2,(H,17,18). The minimum atomic E-state index is -0.857. The van der Waals surface area contributed by atoms with Crippen molar-refractivity contribution in [1.82, 2.24) is 4.90 Å². The third kappa shape index (κ3) is 4.88. The zero-order valence-electron chi connectivity index (χ0n) is 11.2. The molecular formula is C15H21NO2S. The molecule has 0 bridgehead atoms. The lowest BCUT2D eigenvalue weighted by molar-refractivity contribution is 0.0697. The van der Waals surface area contributed by atoms with Crippen molar-refractivity contribution in [3.05, 3.63) is 35.4 Å². The molecule has 0 radical (unpaired) electrons. The molecule has 2 rings (SSSR count). The number of nitrogens with zero attached hydrogens (tertiary/aromatic N) is 1. The van der Waals surface area contributed by atoms with Crippen molar-refractivity contribution in [3.63, 3.8) is 0 Å². The summed E-state index contributed by atoms with van der Waals surface area (Å²) in [4.78, 5) is 13.3. The number of piperidine rings is 1. The van der Waals surface area contributed by atoms with E-state index in [0.29, 0.717) is 5.56 Å². The molecule has 1 aromatic rings. The Morgan fingerprint density at radius 3 is 2.47 bits per heavy atom. The topological polar surface area (TPSA) is 40.5 Å². The molecule has 4 heteroatoms. The molecule has 1 N–H and O–H groups in total. The van der Waals surface area contributed by atoms with Gasteiger partial charge in [-0.15, -0.1) is 0 Å². The number of likely N-dealkylation sites (tertiary alicyclic amines) is 1. The first-order valence-corrected chi connectivity index (χ1v) is 8.03. The summed E-state index contributed by atoms with van der Waals surface area (Å²) >= 11 is 1.93. The van der Waals surface area contributed by atoms with Crippen LogP contribution in [0.2, 0.25) is 0 Å². The molecule has 0 spiro atoms. The fraction of sp³-hybridized carbons (Fsp3) is 0.533. The molecule has 3 nitrogen and oxygen atoms in total. The van der Waals surface area contributed by atoms with E-state index in [1.165, 1.54) is 44.5 Å². The highest BCUT2D eigenvalue weighted by atomic mass is 32.2. The smallest absolute Gasteiger partial charge is 0.335 e. The largest absolute Gasteiger partial charge is 0.478 e. The summed E-state index contributed by atoms with van der Waals surface area (Å²) in [7, 11) is 0. The van der Waals surface area contributed by atoms with Gasteiger partial charge in [-0.25, -0.2) is 4.79 Å². The normalized spacial score (nSPS) is 16.4. The van der Waals surface area contributed by atoms with Gasteiger partial charge >= 0.3 is 5.97 Å². The van der Waals surface area contributed by atoms with E-state index >= 15 is 0 Å². The average Bonchev–Trinajstić information content (AvgIpc) is 2.45. The van der Waals surface area contributed by atoms with Crippen molar-refractivity contribution in [1.29, 1.82) is 0 Å². The Balaban J connectivity index is 1.66. The van der Waals surface area contributed by atoms with Crippen molar-refractivity contribution in [3.8, 4) is 0 Å². The third-order valence-corrected chi connectivity index (χ3v) is 4.48. The van der Waals surface area contributed by atoms with Crippen molar-refractivity contribution in [2.45, 2.75) is 25.0 Å². The van der Waals surface area contributed by atoms with E-state index in [1.807, 2.05) is 23.9 Å². The number of carboxylic acid groups (broad SMARTS) is 1. The molecule has 1 heterocycles. The predicted octanol–water partition coefficient (Wildman–Crippen LogP) is 3.10. The van der Waals surface area contributed by atoms with E-state index < -0.39 is 5.97 Å². The molecule has 0 unspecified atom stereocenters. The maximum absolute atomic E-state index is 10.7. The summed E-state index contributed by atoms with van der Waals surface area (Å²) in [6.07, 6.45) is 4.09. The number of carboxylic acids is 1. The van der Waals surface area contributed by atoms with Crippen LogP contribution in [-0.4, -0.2) is 41.4 Å². The number of thioether (sulfide) groups is 1. The Hall–Kier alpha value is -1.00. The summed E-state index contributed by atoms with van der Waals surface area (Å²) in [6.45, 7) is 3.69. The number of carbonyl (C=O) groups is 1. The number of hydrogen-bond acceptors (Lipinski definition) is 3. The zero-order chi connectivity index (χ0) is 13.5. The molecule has 104 valence electrons. The second-order valence-corrected chi connectivity index (χ2v) is 6.06. The lowest BCUT2D eigenvalue weighted by Gasteiger charge is -2.26. The molecule has 0 atom stereocenters. The second-order valence-electron chi connectivity index (χ2n) is 4.96. The molecule has 1 saturated heterocycles. The van der Waals surface area contributed by atoms with Crippen LogP contribution in [0.5, 0.6) is 0 Å². The van der Waals surface area contributed by atoms with Gasteiger partial charge in [-0.05, 0) is 43.6 Å². The average molecular weight is 279 g/mol. The van der Waals surface area contributed by atoms with Gasteiger partial charge in [0.25, 0.3) is 0 Å². The van der Waals surface area contributed by atoms with E-state index in [1.54, 1.807) is 12.1 Å². The van der Waals surface area contributed by atoms with Crippen LogP contribution in [0.4, 0.5) is 0 Å². The van der Waals surface area contributed by atoms with Gasteiger partial charge in [0.1, 0.15) is 0 Å². The van der Waals surface area contributed by atoms with Gasteiger partial charge in [-0.1, -0.05) is 18.6 Å². The summed E-state index contributed by atoms with van der Waals surface area (Å²) in [5.74, 6) is 1.26. The van der Waals surface area contributed by atoms with Crippen molar-refractivity contribution in [2.75, 3.05) is 25.4 Å². The monoisotopic (exact) mass is 279 g/mol. The molecule has 19 heavy (non-hydrogen) atoms. The van der Waals surface area contributed by atoms with Crippen LogP contribution in [0.15, 0.2) is 24.3 Å². The Kier molecular flexibility index (Phi) is 5.73. The number of hydrogen-bond donors (Lipinski definition) is 1. The SMILES string of the molecule is O=C(O)c1ccc(CSCCN2CCCCC2)cc1. The molecule has 0 aromatic heterocycles. The van der Waals surface area contributed by atoms with Crippen LogP contribution in [-0.2, 0) is 5.75 Å². The van der Waals surface area contributed by atoms with Gasteiger partial charge in [0.05, 0.1) is 5.56 Å². The van der Waals surface area contributed by atoms with Crippen LogP contribution in [0, 0.1) is 0 Å². The van der Waals surface area contributed by atoms with Crippen LogP contribution < -0.4 is 0 Å². The number of rotatable bonds is 6. The van der Waals surface area contributed by atoms with E-state index in [-0.39, 0.29) is 0 Å². The van der Waals surface area contributed by atoms with Gasteiger partial charge in [0, 0.05) is 18.1 Å². The first kappa shape index (κ1) is 14.4. The summed E-state index contributed by atoms with van der Waals surface area (Å²) in [6, 6.07) is 7.19. The van der Waals surface area contributed by atoms with Gasteiger partial charge in [0.2, 0.25) is 0 Å². The second kappa shape index (κ2) is 7.56. The Labute approximate surface area is 119 Å². The molecule has 1 aromatic carbocycles. The van der Waals surface area contributed by atoms with E-state index in [9.17, 15) is 4.79 Å². The van der Waals surface area contributed by atoms with Gasteiger partial charge in [-0.2, -0.15) is 11.8 Å². The quantitative estimate of drug-likeness (QED) is 0.812. The Bertz CT molecular complexity index is 399. The molecule has 0 amide bonds. The van der Waals surface area contributed by atoms with Crippen LogP contribution in [0.25, 0.3) is 0 Å². The number of benzene rings is 1. The first-order valence-electron chi connectivity index (χ1n) is 6.88. The summed E-state index contributed by atoms with van der Waals surface area (Å²) in [5, 5.41) is 8.82. The first-order chi connectivity index (χ1) is 9.25. The van der Waals surface area contributed by atoms with Crippen LogP contribution in [0.3, 0.4) is 0 Å². The van der Waals surface area contributed by atoms with Crippen LogP contribution in [0.1, 0.15) is 35.2 Å². The highest BCUT2D eigenvalue weighted by Crippen LogP contribution is 2.15. The van der Waals surface area contributed by atoms with E-state index in [2.05, 4.69) is 4.90 Å². The van der Waals surface area contributed by atoms with E-state index in [4.69, 9.17) is 5.11 Å². The van der Waals surface area contributed by atoms with Gasteiger partial charge < -0.3 is 10.0 Å². The van der Waals surface area contributed by atoms with Crippen LogP contribution >= 0.6 is 11.8 Å². The van der Waals surface area contributed by atoms with Gasteiger partial charge in [0.15, 0.2) is 0 Å². The third-order valence-electron chi connectivity index (χ3n) is 3.47. The maximum atomic E-state index is 10.7. The molecule has 0 aliphatic carbocycles. The Morgan fingerprint density at radius 2 is 1.84 bits per heavy atom. The molecule has 1 fully saturated rings. The van der Waals surface area contributed by atoms with Crippen molar-refractivity contribution < 1.29 is 9.90 Å². The fourth-order valence-electron chi connectivity index (χ4n) is 2.31. The molecule has 1 aliphatic heterocycles. The minimum Gasteiger partial charge on any atom is -0.478 e. The predicted molar refractivity (Wildman–Crippen MR) is 79.9 cm³/mol. The molecular weight excluding hydrogens is 258 g/mol. The van der Waals surface area contributed by atoms with Gasteiger partial charge in [-0.3, -0.25) is 0 Å². The maximum Gasteiger partial charge on any atom is 0.335 e. The molecule has 1 aliphatic rings. The highest BCUT2D eigenvalue weighted by Gasteiger charge is 2.09. The lowest BCUT2D eigenvalue weighted by atomic mass is 10.1. The Morgan fingerprint density at radius 1 is 1.16 bits per heavy atom. The fourth-order valence-corrected chi connectivity index (χ4v) is 3.27. The van der Waals surface area contributed by atoms with E-state index in [0.717, 1.165) is 11.5 Å². The number of aromatic carboxylic acids is 1. The summed E-state index contributed by atoms with van der Waals surface area (Å²) < 4.78 is 0. The minimum absolute atomic E-state index is 0.363.